The average Bonchev–Trinajstić information content (AvgIpc) is 2.70. The molecule has 3 aliphatic carbocycles. The Labute approximate surface area is 173 Å². The van der Waals surface area contributed by atoms with E-state index in [0.717, 1.165) is 25.2 Å². The number of rotatable bonds is 9. The summed E-state index contributed by atoms with van der Waals surface area (Å²) in [6.45, 7) is 4.65. The molecule has 5 nitrogen and oxygen atoms in total. The lowest BCUT2D eigenvalue weighted by molar-refractivity contribution is -0.137. The Hall–Kier alpha value is -2.30. The van der Waals surface area contributed by atoms with Crippen molar-refractivity contribution in [3.8, 4) is 5.75 Å². The third-order valence-corrected chi connectivity index (χ3v) is 7.09. The van der Waals surface area contributed by atoms with Crippen LogP contribution >= 0.6 is 0 Å². The molecule has 1 aromatic rings. The van der Waals surface area contributed by atoms with E-state index in [1.54, 1.807) is 7.11 Å². The Balaban J connectivity index is 1.66. The highest BCUT2D eigenvalue weighted by molar-refractivity contribution is 5.97. The van der Waals surface area contributed by atoms with E-state index in [9.17, 15) is 9.59 Å². The summed E-state index contributed by atoms with van der Waals surface area (Å²) in [5.74, 6) is 1.42. The lowest BCUT2D eigenvalue weighted by Gasteiger charge is -2.62. The SMILES string of the molecule is COc1ccccc1C(=O)N[C@@H]1[C@@H](C/C=C/CCCC(=O)O)C[C@H]2C[C@@H]1C2(C)C. The third-order valence-electron chi connectivity index (χ3n) is 7.09. The number of carboxylic acids is 1. The first-order chi connectivity index (χ1) is 13.8. The van der Waals surface area contributed by atoms with Gasteiger partial charge in [0, 0.05) is 12.5 Å². The van der Waals surface area contributed by atoms with E-state index in [0.29, 0.717) is 29.6 Å². The van der Waals surface area contributed by atoms with Gasteiger partial charge in [-0.25, -0.2) is 0 Å². The predicted molar refractivity (Wildman–Crippen MR) is 113 cm³/mol. The minimum atomic E-state index is -0.743. The van der Waals surface area contributed by atoms with Crippen molar-refractivity contribution < 1.29 is 19.4 Å². The van der Waals surface area contributed by atoms with E-state index in [1.165, 1.54) is 6.42 Å². The Morgan fingerprint density at radius 1 is 1.24 bits per heavy atom. The summed E-state index contributed by atoms with van der Waals surface area (Å²) < 4.78 is 5.37. The smallest absolute Gasteiger partial charge is 0.303 e. The molecule has 3 aliphatic rings. The molecule has 2 bridgehead atoms. The van der Waals surface area contributed by atoms with Crippen molar-refractivity contribution in [1.82, 2.24) is 5.32 Å². The van der Waals surface area contributed by atoms with Crippen LogP contribution in [0, 0.1) is 23.2 Å². The van der Waals surface area contributed by atoms with Crippen LogP contribution in [0.15, 0.2) is 36.4 Å². The summed E-state index contributed by atoms with van der Waals surface area (Å²) in [4.78, 5) is 23.6. The number of allylic oxidation sites excluding steroid dienone is 2. The first-order valence-electron chi connectivity index (χ1n) is 10.6. The summed E-state index contributed by atoms with van der Waals surface area (Å²) in [6, 6.07) is 7.50. The summed E-state index contributed by atoms with van der Waals surface area (Å²) in [5, 5.41) is 12.1. The molecule has 5 heteroatoms. The molecule has 4 atom stereocenters. The number of hydrogen-bond acceptors (Lipinski definition) is 3. The number of amides is 1. The fraction of sp³-hybridized carbons (Fsp3) is 0.583. The molecule has 0 unspecified atom stereocenters. The monoisotopic (exact) mass is 399 g/mol. The molecule has 0 radical (unpaired) electrons. The summed E-state index contributed by atoms with van der Waals surface area (Å²) >= 11 is 0. The molecular formula is C24H33NO4. The Morgan fingerprint density at radius 3 is 2.69 bits per heavy atom. The van der Waals surface area contributed by atoms with Crippen LogP contribution < -0.4 is 10.1 Å². The normalized spacial score (nSPS) is 27.3. The minimum Gasteiger partial charge on any atom is -0.496 e. The number of fused-ring (bicyclic) bond motifs is 2. The van der Waals surface area contributed by atoms with Gasteiger partial charge < -0.3 is 15.2 Å². The largest absolute Gasteiger partial charge is 0.496 e. The molecule has 29 heavy (non-hydrogen) atoms. The predicted octanol–water partition coefficient (Wildman–Crippen LogP) is 4.68. The fourth-order valence-electron chi connectivity index (χ4n) is 5.19. The van der Waals surface area contributed by atoms with Gasteiger partial charge in [0.2, 0.25) is 0 Å². The van der Waals surface area contributed by atoms with Crippen molar-refractivity contribution in [2.24, 2.45) is 23.2 Å². The van der Waals surface area contributed by atoms with E-state index in [4.69, 9.17) is 9.84 Å². The molecule has 1 aromatic carbocycles. The molecule has 1 amide bonds. The molecule has 4 rings (SSSR count). The van der Waals surface area contributed by atoms with Crippen molar-refractivity contribution >= 4 is 11.9 Å². The lowest BCUT2D eigenvalue weighted by Crippen LogP contribution is -2.63. The van der Waals surface area contributed by atoms with Crippen molar-refractivity contribution in [2.45, 2.75) is 58.4 Å². The van der Waals surface area contributed by atoms with Gasteiger partial charge in [-0.2, -0.15) is 0 Å². The molecule has 0 saturated heterocycles. The first kappa shape index (κ1) is 21.4. The van der Waals surface area contributed by atoms with E-state index in [-0.39, 0.29) is 23.8 Å². The maximum atomic E-state index is 13.0. The van der Waals surface area contributed by atoms with Crippen molar-refractivity contribution in [3.63, 3.8) is 0 Å². The van der Waals surface area contributed by atoms with Gasteiger partial charge in [-0.3, -0.25) is 9.59 Å². The second-order valence-electron chi connectivity index (χ2n) is 9.05. The van der Waals surface area contributed by atoms with E-state index >= 15 is 0 Å². The number of unbranched alkanes of at least 4 members (excludes halogenated alkanes) is 1. The molecule has 2 N–H and O–H groups in total. The molecule has 3 fully saturated rings. The van der Waals surface area contributed by atoms with Gasteiger partial charge in [0.1, 0.15) is 5.75 Å². The summed E-state index contributed by atoms with van der Waals surface area (Å²) in [7, 11) is 1.59. The van der Waals surface area contributed by atoms with Gasteiger partial charge in [0.05, 0.1) is 12.7 Å². The topological polar surface area (TPSA) is 75.6 Å². The lowest BCUT2D eigenvalue weighted by atomic mass is 9.44. The van der Waals surface area contributed by atoms with Crippen LogP contribution in [0.2, 0.25) is 0 Å². The van der Waals surface area contributed by atoms with Crippen LogP contribution in [-0.2, 0) is 4.79 Å². The van der Waals surface area contributed by atoms with Crippen LogP contribution in [0.5, 0.6) is 5.75 Å². The van der Waals surface area contributed by atoms with Crippen LogP contribution in [0.3, 0.4) is 0 Å². The number of carbonyl (C=O) groups is 2. The van der Waals surface area contributed by atoms with Crippen LogP contribution in [0.4, 0.5) is 0 Å². The van der Waals surface area contributed by atoms with Crippen molar-refractivity contribution in [1.29, 1.82) is 0 Å². The molecule has 0 aromatic heterocycles. The quantitative estimate of drug-likeness (QED) is 0.467. The van der Waals surface area contributed by atoms with Crippen LogP contribution in [0.1, 0.15) is 62.7 Å². The fourth-order valence-corrected chi connectivity index (χ4v) is 5.19. The number of carbonyl (C=O) groups excluding carboxylic acids is 1. The highest BCUT2D eigenvalue weighted by Crippen LogP contribution is 2.61. The van der Waals surface area contributed by atoms with Crippen LogP contribution in [0.25, 0.3) is 0 Å². The minimum absolute atomic E-state index is 0.0657. The van der Waals surface area contributed by atoms with Crippen molar-refractivity contribution in [2.75, 3.05) is 7.11 Å². The second-order valence-corrected chi connectivity index (χ2v) is 9.05. The number of hydrogen-bond donors (Lipinski definition) is 2. The highest BCUT2D eigenvalue weighted by Gasteiger charge is 2.57. The van der Waals surface area contributed by atoms with Gasteiger partial charge in [-0.15, -0.1) is 0 Å². The summed E-state index contributed by atoms with van der Waals surface area (Å²) in [5.41, 5.74) is 0.845. The van der Waals surface area contributed by atoms with E-state index in [1.807, 2.05) is 24.3 Å². The number of para-hydroxylation sites is 1. The van der Waals surface area contributed by atoms with Gasteiger partial charge in [-0.05, 0) is 67.4 Å². The molecule has 0 aliphatic heterocycles. The maximum Gasteiger partial charge on any atom is 0.303 e. The number of methoxy groups -OCH3 is 1. The van der Waals surface area contributed by atoms with Gasteiger partial charge >= 0.3 is 5.97 Å². The molecular weight excluding hydrogens is 366 g/mol. The van der Waals surface area contributed by atoms with E-state index < -0.39 is 5.97 Å². The molecule has 3 saturated carbocycles. The van der Waals surface area contributed by atoms with Crippen LogP contribution in [-0.4, -0.2) is 30.1 Å². The number of carboxylic acid groups (broad SMARTS) is 1. The zero-order chi connectivity index (χ0) is 21.0. The maximum absolute atomic E-state index is 13.0. The molecule has 158 valence electrons. The third kappa shape index (κ3) is 4.65. The highest BCUT2D eigenvalue weighted by atomic mass is 16.5. The second kappa shape index (κ2) is 9.02. The zero-order valence-electron chi connectivity index (χ0n) is 17.7. The number of nitrogens with one attached hydrogen (secondary N) is 1. The number of benzene rings is 1. The number of ether oxygens (including phenoxy) is 1. The van der Waals surface area contributed by atoms with Gasteiger partial charge in [0.25, 0.3) is 5.91 Å². The average molecular weight is 400 g/mol. The molecule has 0 spiro atoms. The first-order valence-corrected chi connectivity index (χ1v) is 10.6. The van der Waals surface area contributed by atoms with E-state index in [2.05, 4.69) is 31.3 Å². The van der Waals surface area contributed by atoms with Gasteiger partial charge in [0.15, 0.2) is 0 Å². The number of aliphatic carboxylic acids is 1. The Kier molecular flexibility index (Phi) is 6.66. The zero-order valence-corrected chi connectivity index (χ0v) is 17.7. The molecule has 0 heterocycles. The Bertz CT molecular complexity index is 770. The van der Waals surface area contributed by atoms with Gasteiger partial charge in [-0.1, -0.05) is 38.1 Å². The Morgan fingerprint density at radius 2 is 2.00 bits per heavy atom. The summed E-state index contributed by atoms with van der Waals surface area (Å²) in [6.07, 6.45) is 9.16. The standard InChI is InChI=1S/C24H33NO4/c1-24(2)17-14-16(10-6-4-5-7-13-21(26)27)22(19(24)15-17)25-23(28)18-11-8-9-12-20(18)29-3/h4,6,8-9,11-12,16-17,19,22H,5,7,10,13-15H2,1-3H3,(H,25,28)(H,26,27)/b6-4+/t16-,17-,19-,22+/m0/s1. The van der Waals surface area contributed by atoms with Crippen molar-refractivity contribution in [3.05, 3.63) is 42.0 Å².